The van der Waals surface area contributed by atoms with Gasteiger partial charge in [0.05, 0.1) is 23.7 Å². The van der Waals surface area contributed by atoms with E-state index in [0.29, 0.717) is 18.7 Å². The fourth-order valence-corrected chi connectivity index (χ4v) is 4.76. The first-order valence-corrected chi connectivity index (χ1v) is 11.5. The number of ether oxygens (including phenoxy) is 1. The molecule has 168 valence electrons. The van der Waals surface area contributed by atoms with E-state index in [0.717, 1.165) is 62.4 Å². The number of amides is 1. The molecule has 0 spiro atoms. The minimum atomic E-state index is -0.210. The highest BCUT2D eigenvalue weighted by molar-refractivity contribution is 5.80. The van der Waals surface area contributed by atoms with Gasteiger partial charge in [-0.1, -0.05) is 30.3 Å². The molecular formula is C25H29FN4O2. The molecule has 1 atom stereocenters. The van der Waals surface area contributed by atoms with Crippen LogP contribution in [0.25, 0.3) is 11.0 Å². The Balaban J connectivity index is 1.30. The number of benzene rings is 2. The number of hydrogen-bond donors (Lipinski definition) is 1. The van der Waals surface area contributed by atoms with Crippen LogP contribution in [-0.4, -0.2) is 47.8 Å². The normalized spacial score (nSPS) is 19.5. The summed E-state index contributed by atoms with van der Waals surface area (Å²) in [5.74, 6) is 0.766. The number of piperidine rings is 1. The van der Waals surface area contributed by atoms with E-state index in [4.69, 9.17) is 9.72 Å². The zero-order valence-electron chi connectivity index (χ0n) is 18.2. The molecule has 1 unspecified atom stereocenters. The molecule has 1 N–H and O–H groups in total. The van der Waals surface area contributed by atoms with E-state index in [9.17, 15) is 9.18 Å². The van der Waals surface area contributed by atoms with Crippen molar-refractivity contribution in [2.45, 2.75) is 38.3 Å². The van der Waals surface area contributed by atoms with E-state index in [1.54, 1.807) is 6.07 Å². The van der Waals surface area contributed by atoms with Crippen LogP contribution in [0.4, 0.5) is 10.3 Å². The van der Waals surface area contributed by atoms with Gasteiger partial charge in [0.25, 0.3) is 0 Å². The summed E-state index contributed by atoms with van der Waals surface area (Å²) in [5, 5.41) is 3.08. The Labute approximate surface area is 187 Å². The number of anilines is 1. The zero-order chi connectivity index (χ0) is 21.9. The van der Waals surface area contributed by atoms with Crippen molar-refractivity contribution in [3.63, 3.8) is 0 Å². The van der Waals surface area contributed by atoms with Gasteiger partial charge in [-0.15, -0.1) is 0 Å². The topological polar surface area (TPSA) is 59.4 Å². The number of carbonyl (C=O) groups is 1. The Morgan fingerprint density at radius 3 is 2.66 bits per heavy atom. The predicted octanol–water partition coefficient (Wildman–Crippen LogP) is 3.74. The number of nitrogens with one attached hydrogen (secondary N) is 1. The maximum Gasteiger partial charge on any atom is 0.223 e. The highest BCUT2D eigenvalue weighted by Gasteiger charge is 2.28. The fraction of sp³-hybridized carbons (Fsp3) is 0.440. The minimum Gasteiger partial charge on any atom is -0.376 e. The molecule has 2 saturated heterocycles. The summed E-state index contributed by atoms with van der Waals surface area (Å²) in [6.07, 6.45) is 3.82. The van der Waals surface area contributed by atoms with E-state index in [1.807, 2.05) is 36.4 Å². The van der Waals surface area contributed by atoms with Crippen molar-refractivity contribution in [3.05, 3.63) is 59.9 Å². The summed E-state index contributed by atoms with van der Waals surface area (Å²) in [5.41, 5.74) is 2.53. The Morgan fingerprint density at radius 2 is 1.88 bits per heavy atom. The van der Waals surface area contributed by atoms with Crippen molar-refractivity contribution < 1.29 is 13.9 Å². The number of halogens is 1. The summed E-state index contributed by atoms with van der Waals surface area (Å²) < 4.78 is 22.1. The van der Waals surface area contributed by atoms with Gasteiger partial charge in [0.15, 0.2) is 0 Å². The number of nitrogens with zero attached hydrogens (tertiary/aromatic N) is 3. The highest BCUT2D eigenvalue weighted by Crippen LogP contribution is 2.28. The molecule has 0 saturated carbocycles. The van der Waals surface area contributed by atoms with Gasteiger partial charge in [-0.25, -0.2) is 9.37 Å². The van der Waals surface area contributed by atoms with Crippen LogP contribution in [-0.2, 0) is 16.1 Å². The Morgan fingerprint density at radius 1 is 1.09 bits per heavy atom. The summed E-state index contributed by atoms with van der Waals surface area (Å²) in [6.45, 7) is 3.33. The molecule has 6 nitrogen and oxygen atoms in total. The smallest absolute Gasteiger partial charge is 0.223 e. The summed E-state index contributed by atoms with van der Waals surface area (Å²) in [6, 6.07) is 14.8. The maximum absolute atomic E-state index is 14.4. The lowest BCUT2D eigenvalue weighted by atomic mass is 9.96. The average molecular weight is 437 g/mol. The van der Waals surface area contributed by atoms with Crippen molar-refractivity contribution in [2.24, 2.45) is 5.92 Å². The van der Waals surface area contributed by atoms with Crippen LogP contribution < -0.4 is 10.2 Å². The molecule has 7 heteroatoms. The number of hydrogen-bond acceptors (Lipinski definition) is 4. The first-order chi connectivity index (χ1) is 15.7. The third-order valence-corrected chi connectivity index (χ3v) is 6.60. The number of fused-ring (bicyclic) bond motifs is 1. The quantitative estimate of drug-likeness (QED) is 0.640. The van der Waals surface area contributed by atoms with Crippen LogP contribution in [0.2, 0.25) is 0 Å². The minimum absolute atomic E-state index is 0.0112. The molecule has 0 radical (unpaired) electrons. The second-order valence-corrected chi connectivity index (χ2v) is 8.72. The number of para-hydroxylation sites is 2. The lowest BCUT2D eigenvalue weighted by Gasteiger charge is -2.32. The van der Waals surface area contributed by atoms with Crippen LogP contribution in [0.5, 0.6) is 0 Å². The molecule has 2 aromatic carbocycles. The van der Waals surface area contributed by atoms with Gasteiger partial charge >= 0.3 is 0 Å². The average Bonchev–Trinajstić information content (AvgIpc) is 3.47. The lowest BCUT2D eigenvalue weighted by molar-refractivity contribution is -0.126. The van der Waals surface area contributed by atoms with Crippen LogP contribution >= 0.6 is 0 Å². The first kappa shape index (κ1) is 20.9. The monoisotopic (exact) mass is 436 g/mol. The number of rotatable bonds is 6. The molecule has 3 aromatic rings. The molecule has 3 heterocycles. The Kier molecular flexibility index (Phi) is 6.08. The van der Waals surface area contributed by atoms with Gasteiger partial charge in [0, 0.05) is 37.7 Å². The molecule has 1 aromatic heterocycles. The summed E-state index contributed by atoms with van der Waals surface area (Å²) in [7, 11) is 0. The molecule has 32 heavy (non-hydrogen) atoms. The zero-order valence-corrected chi connectivity index (χ0v) is 18.2. The van der Waals surface area contributed by atoms with E-state index < -0.39 is 0 Å². The summed E-state index contributed by atoms with van der Waals surface area (Å²) in [4.78, 5) is 19.7. The van der Waals surface area contributed by atoms with Crippen molar-refractivity contribution in [1.82, 2.24) is 14.9 Å². The van der Waals surface area contributed by atoms with Crippen molar-refractivity contribution in [1.29, 1.82) is 0 Å². The SMILES string of the molecule is O=C(NCC1CCCO1)C1CCN(c2nc3ccccc3n2Cc2ccccc2F)CC1. The fourth-order valence-electron chi connectivity index (χ4n) is 4.76. The number of carbonyl (C=O) groups excluding carboxylic acids is 1. The Hall–Kier alpha value is -2.93. The van der Waals surface area contributed by atoms with Crippen LogP contribution in [0, 0.1) is 11.7 Å². The predicted molar refractivity (Wildman–Crippen MR) is 122 cm³/mol. The third kappa shape index (κ3) is 4.35. The lowest BCUT2D eigenvalue weighted by Crippen LogP contribution is -2.43. The van der Waals surface area contributed by atoms with Gasteiger partial charge in [-0.2, -0.15) is 0 Å². The van der Waals surface area contributed by atoms with Crippen LogP contribution in [0.15, 0.2) is 48.5 Å². The van der Waals surface area contributed by atoms with Gasteiger partial charge in [0.2, 0.25) is 11.9 Å². The standard InChI is InChI=1S/C25H29FN4O2/c26-21-8-2-1-6-19(21)17-30-23-10-4-3-9-22(23)28-25(30)29-13-11-18(12-14-29)24(31)27-16-20-7-5-15-32-20/h1-4,6,8-10,18,20H,5,7,11-17H2,(H,27,31). The van der Waals surface area contributed by atoms with Crippen LogP contribution in [0.3, 0.4) is 0 Å². The summed E-state index contributed by atoms with van der Waals surface area (Å²) >= 11 is 0. The van der Waals surface area contributed by atoms with Crippen molar-refractivity contribution >= 4 is 22.9 Å². The van der Waals surface area contributed by atoms with E-state index >= 15 is 0 Å². The van der Waals surface area contributed by atoms with Crippen molar-refractivity contribution in [2.75, 3.05) is 31.1 Å². The molecule has 2 aliphatic heterocycles. The molecular weight excluding hydrogens is 407 g/mol. The van der Waals surface area contributed by atoms with E-state index in [-0.39, 0.29) is 23.7 Å². The molecule has 2 aliphatic rings. The second kappa shape index (κ2) is 9.28. The van der Waals surface area contributed by atoms with E-state index in [2.05, 4.69) is 14.8 Å². The van der Waals surface area contributed by atoms with Gasteiger partial charge < -0.3 is 19.5 Å². The maximum atomic E-state index is 14.4. The largest absolute Gasteiger partial charge is 0.376 e. The molecule has 5 rings (SSSR count). The van der Waals surface area contributed by atoms with Gasteiger partial charge in [-0.05, 0) is 43.9 Å². The molecule has 0 aliphatic carbocycles. The first-order valence-electron chi connectivity index (χ1n) is 11.5. The molecule has 0 bridgehead atoms. The molecule has 2 fully saturated rings. The molecule has 1 amide bonds. The van der Waals surface area contributed by atoms with Crippen molar-refractivity contribution in [3.8, 4) is 0 Å². The van der Waals surface area contributed by atoms with E-state index in [1.165, 1.54) is 6.07 Å². The van der Waals surface area contributed by atoms with Gasteiger partial charge in [0.1, 0.15) is 5.82 Å². The Bertz CT molecular complexity index is 1080. The van der Waals surface area contributed by atoms with Crippen LogP contribution in [0.1, 0.15) is 31.2 Å². The van der Waals surface area contributed by atoms with Gasteiger partial charge in [-0.3, -0.25) is 4.79 Å². The second-order valence-electron chi connectivity index (χ2n) is 8.72. The third-order valence-electron chi connectivity index (χ3n) is 6.60. The highest BCUT2D eigenvalue weighted by atomic mass is 19.1. The number of imidazole rings is 1. The number of aromatic nitrogens is 2.